The second-order valence-electron chi connectivity index (χ2n) is 6.65. The van der Waals surface area contributed by atoms with Crippen LogP contribution in [0.3, 0.4) is 0 Å². The first-order valence-electron chi connectivity index (χ1n) is 9.45. The van der Waals surface area contributed by atoms with Gasteiger partial charge in [0, 0.05) is 33.4 Å². The van der Waals surface area contributed by atoms with E-state index < -0.39 is 10.8 Å². The number of rotatable bonds is 8. The molecule has 0 unspecified atom stereocenters. The quantitative estimate of drug-likeness (QED) is 0.206. The van der Waals surface area contributed by atoms with E-state index in [0.29, 0.717) is 32.7 Å². The van der Waals surface area contributed by atoms with E-state index >= 15 is 0 Å². The first-order valence-corrected chi connectivity index (χ1v) is 10.6. The van der Waals surface area contributed by atoms with E-state index in [-0.39, 0.29) is 23.0 Å². The number of nitro groups is 1. The molecule has 3 rings (SSSR count). The number of nitrogens with one attached hydrogen (secondary N) is 1. The molecule has 1 amide bonds. The molecule has 0 radical (unpaired) electrons. The predicted octanol–water partition coefficient (Wildman–Crippen LogP) is 6.79. The summed E-state index contributed by atoms with van der Waals surface area (Å²) in [7, 11) is 1.50. The highest BCUT2D eigenvalue weighted by Crippen LogP contribution is 2.32. The normalized spacial score (nSPS) is 10.8. The van der Waals surface area contributed by atoms with Gasteiger partial charge in [-0.1, -0.05) is 46.9 Å². The minimum atomic E-state index is -0.622. The highest BCUT2D eigenvalue weighted by Gasteiger charge is 2.13. The largest absolute Gasteiger partial charge is 0.493 e. The van der Waals surface area contributed by atoms with Crippen molar-refractivity contribution in [1.29, 1.82) is 0 Å². The van der Waals surface area contributed by atoms with Crippen LogP contribution >= 0.6 is 34.8 Å². The zero-order valence-electron chi connectivity index (χ0n) is 17.2. The van der Waals surface area contributed by atoms with Crippen LogP contribution in [0.1, 0.15) is 11.1 Å². The van der Waals surface area contributed by atoms with Gasteiger partial charge in [0.15, 0.2) is 11.5 Å². The average molecular weight is 508 g/mol. The van der Waals surface area contributed by atoms with Crippen LogP contribution in [-0.4, -0.2) is 17.9 Å². The maximum Gasteiger partial charge on any atom is 0.289 e. The molecule has 33 heavy (non-hydrogen) atoms. The molecule has 170 valence electrons. The van der Waals surface area contributed by atoms with Crippen molar-refractivity contribution in [2.75, 3.05) is 12.4 Å². The van der Waals surface area contributed by atoms with Crippen molar-refractivity contribution >= 4 is 58.2 Å². The Labute approximate surface area is 204 Å². The molecule has 0 saturated heterocycles. The standard InChI is InChI=1S/C23H17Cl3N2O5/c1-32-22-11-14(5-9-21(22)33-13-16-17(24)3-2-4-18(16)25)6-10-23(29)27-15-7-8-19(26)20(12-15)28(30)31/h2-12H,13H2,1H3,(H,27,29)/b10-6+. The third-order valence-corrected chi connectivity index (χ3v) is 5.49. The Kier molecular flexibility index (Phi) is 8.16. The third-order valence-electron chi connectivity index (χ3n) is 4.46. The van der Waals surface area contributed by atoms with Crippen molar-refractivity contribution in [1.82, 2.24) is 0 Å². The topological polar surface area (TPSA) is 90.7 Å². The molecule has 0 aromatic heterocycles. The summed E-state index contributed by atoms with van der Waals surface area (Å²) in [6, 6.07) is 14.3. The highest BCUT2D eigenvalue weighted by molar-refractivity contribution is 6.36. The number of carbonyl (C=O) groups excluding carboxylic acids is 1. The van der Waals surface area contributed by atoms with Gasteiger partial charge >= 0.3 is 0 Å². The maximum absolute atomic E-state index is 12.2. The molecule has 0 spiro atoms. The van der Waals surface area contributed by atoms with Crippen molar-refractivity contribution in [2.45, 2.75) is 6.61 Å². The molecule has 0 bridgehead atoms. The molecule has 0 atom stereocenters. The number of ether oxygens (including phenoxy) is 2. The minimum Gasteiger partial charge on any atom is -0.493 e. The van der Waals surface area contributed by atoms with Gasteiger partial charge in [0.1, 0.15) is 11.6 Å². The van der Waals surface area contributed by atoms with Crippen molar-refractivity contribution in [3.63, 3.8) is 0 Å². The van der Waals surface area contributed by atoms with Crippen molar-refractivity contribution < 1.29 is 19.2 Å². The van der Waals surface area contributed by atoms with Gasteiger partial charge in [-0.2, -0.15) is 0 Å². The van der Waals surface area contributed by atoms with Crippen LogP contribution in [0, 0.1) is 10.1 Å². The van der Waals surface area contributed by atoms with Gasteiger partial charge < -0.3 is 14.8 Å². The van der Waals surface area contributed by atoms with Crippen LogP contribution in [0.2, 0.25) is 15.1 Å². The smallest absolute Gasteiger partial charge is 0.289 e. The summed E-state index contributed by atoms with van der Waals surface area (Å²) < 4.78 is 11.2. The summed E-state index contributed by atoms with van der Waals surface area (Å²) in [6.45, 7) is 0.152. The SMILES string of the molecule is COc1cc(/C=C/C(=O)Nc2ccc(Cl)c([N+](=O)[O-])c2)ccc1OCc1c(Cl)cccc1Cl. The van der Waals surface area contributed by atoms with Gasteiger partial charge in [-0.25, -0.2) is 0 Å². The number of nitrogens with zero attached hydrogens (tertiary/aromatic N) is 1. The Balaban J connectivity index is 1.68. The number of anilines is 1. The Morgan fingerprint density at radius 2 is 1.76 bits per heavy atom. The number of benzene rings is 3. The molecule has 3 aromatic carbocycles. The molecule has 10 heteroatoms. The second-order valence-corrected chi connectivity index (χ2v) is 7.87. The molecule has 0 aliphatic carbocycles. The lowest BCUT2D eigenvalue weighted by Crippen LogP contribution is -2.08. The molecular formula is C23H17Cl3N2O5. The summed E-state index contributed by atoms with van der Waals surface area (Å²) in [5, 5.41) is 14.5. The fraction of sp³-hybridized carbons (Fsp3) is 0.0870. The minimum absolute atomic E-state index is 0.0141. The van der Waals surface area contributed by atoms with E-state index in [1.807, 2.05) is 0 Å². The van der Waals surface area contributed by atoms with Crippen LogP contribution in [0.15, 0.2) is 60.7 Å². The number of hydrogen-bond donors (Lipinski definition) is 1. The first-order chi connectivity index (χ1) is 15.8. The van der Waals surface area contributed by atoms with E-state index in [1.54, 1.807) is 42.5 Å². The maximum atomic E-state index is 12.2. The third kappa shape index (κ3) is 6.38. The lowest BCUT2D eigenvalue weighted by Gasteiger charge is -2.13. The Morgan fingerprint density at radius 1 is 1.03 bits per heavy atom. The lowest BCUT2D eigenvalue weighted by atomic mass is 10.2. The van der Waals surface area contributed by atoms with Gasteiger partial charge in [-0.15, -0.1) is 0 Å². The van der Waals surface area contributed by atoms with E-state index in [9.17, 15) is 14.9 Å². The molecular weight excluding hydrogens is 491 g/mol. The van der Waals surface area contributed by atoms with E-state index in [1.165, 1.54) is 31.4 Å². The van der Waals surface area contributed by atoms with Crippen molar-refractivity contribution in [3.8, 4) is 11.5 Å². The zero-order valence-corrected chi connectivity index (χ0v) is 19.4. The average Bonchev–Trinajstić information content (AvgIpc) is 2.78. The molecule has 0 aliphatic rings. The number of carbonyl (C=O) groups is 1. The molecule has 0 aliphatic heterocycles. The van der Waals surface area contributed by atoms with Crippen LogP contribution < -0.4 is 14.8 Å². The van der Waals surface area contributed by atoms with E-state index in [4.69, 9.17) is 44.3 Å². The van der Waals surface area contributed by atoms with Gasteiger partial charge in [-0.05, 0) is 48.0 Å². The van der Waals surface area contributed by atoms with Crippen LogP contribution in [0.25, 0.3) is 6.08 Å². The zero-order chi connectivity index (χ0) is 24.0. The molecule has 0 heterocycles. The van der Waals surface area contributed by atoms with Crippen LogP contribution in [-0.2, 0) is 11.4 Å². The Hall–Kier alpha value is -3.26. The number of halogens is 3. The highest BCUT2D eigenvalue weighted by atomic mass is 35.5. The fourth-order valence-electron chi connectivity index (χ4n) is 2.81. The number of hydrogen-bond acceptors (Lipinski definition) is 5. The van der Waals surface area contributed by atoms with Gasteiger partial charge in [0.05, 0.1) is 12.0 Å². The van der Waals surface area contributed by atoms with Crippen LogP contribution in [0.5, 0.6) is 11.5 Å². The number of amides is 1. The molecule has 0 fully saturated rings. The summed E-state index contributed by atoms with van der Waals surface area (Å²) in [4.78, 5) is 22.6. The van der Waals surface area contributed by atoms with E-state index in [2.05, 4.69) is 5.32 Å². The summed E-state index contributed by atoms with van der Waals surface area (Å²) in [5.74, 6) is 0.455. The number of nitro benzene ring substituents is 1. The van der Waals surface area contributed by atoms with Gasteiger partial charge in [0.2, 0.25) is 5.91 Å². The van der Waals surface area contributed by atoms with Gasteiger partial charge in [-0.3, -0.25) is 14.9 Å². The first kappa shape index (κ1) is 24.4. The van der Waals surface area contributed by atoms with Crippen molar-refractivity contribution in [2.24, 2.45) is 0 Å². The summed E-state index contributed by atoms with van der Waals surface area (Å²) in [6.07, 6.45) is 2.86. The Morgan fingerprint density at radius 3 is 2.42 bits per heavy atom. The second kappa shape index (κ2) is 11.0. The molecule has 1 N–H and O–H groups in total. The predicted molar refractivity (Wildman–Crippen MR) is 130 cm³/mol. The van der Waals surface area contributed by atoms with Gasteiger partial charge in [0.25, 0.3) is 5.69 Å². The van der Waals surface area contributed by atoms with Crippen LogP contribution in [0.4, 0.5) is 11.4 Å². The molecule has 7 nitrogen and oxygen atoms in total. The van der Waals surface area contributed by atoms with E-state index in [0.717, 1.165) is 0 Å². The molecule has 0 saturated carbocycles. The monoisotopic (exact) mass is 506 g/mol. The lowest BCUT2D eigenvalue weighted by molar-refractivity contribution is -0.384. The summed E-state index contributed by atoms with van der Waals surface area (Å²) in [5.41, 5.74) is 1.29. The fourth-order valence-corrected chi connectivity index (χ4v) is 3.51. The number of methoxy groups -OCH3 is 1. The Bertz CT molecular complexity index is 1210. The van der Waals surface area contributed by atoms with Crippen molar-refractivity contribution in [3.05, 3.63) is 97.0 Å². The summed E-state index contributed by atoms with van der Waals surface area (Å²) >= 11 is 18.1. The molecule has 3 aromatic rings.